The van der Waals surface area contributed by atoms with Crippen LogP contribution in [0.3, 0.4) is 0 Å². The maximum Gasteiger partial charge on any atom is 0.123 e. The van der Waals surface area contributed by atoms with E-state index in [0.717, 1.165) is 23.4 Å². The fourth-order valence-corrected chi connectivity index (χ4v) is 1.67. The number of anilines is 1. The maximum absolute atomic E-state index is 5.90. The molecule has 1 rings (SSSR count). The molecule has 16 heavy (non-hydrogen) atoms. The SMILES string of the molecule is CCOc1ccc(NC(C)CC)cc1CCl. The molecule has 3 heteroatoms. The van der Waals surface area contributed by atoms with Crippen LogP contribution in [0.1, 0.15) is 32.8 Å². The van der Waals surface area contributed by atoms with Gasteiger partial charge < -0.3 is 10.1 Å². The van der Waals surface area contributed by atoms with Gasteiger partial charge in [0, 0.05) is 17.3 Å². The molecule has 0 aliphatic heterocycles. The fourth-order valence-electron chi connectivity index (χ4n) is 1.46. The van der Waals surface area contributed by atoms with Crippen molar-refractivity contribution in [3.63, 3.8) is 0 Å². The summed E-state index contributed by atoms with van der Waals surface area (Å²) in [6.45, 7) is 6.97. The molecule has 0 amide bonds. The third kappa shape index (κ3) is 3.60. The number of hydrogen-bond acceptors (Lipinski definition) is 2. The third-order valence-electron chi connectivity index (χ3n) is 2.53. The predicted molar refractivity (Wildman–Crippen MR) is 70.5 cm³/mol. The second-order valence-electron chi connectivity index (χ2n) is 3.84. The van der Waals surface area contributed by atoms with Crippen molar-refractivity contribution in [1.29, 1.82) is 0 Å². The van der Waals surface area contributed by atoms with Crippen molar-refractivity contribution < 1.29 is 4.74 Å². The summed E-state index contributed by atoms with van der Waals surface area (Å²) in [5.41, 5.74) is 2.14. The molecule has 2 nitrogen and oxygen atoms in total. The van der Waals surface area contributed by atoms with E-state index in [2.05, 4.69) is 25.2 Å². The Morgan fingerprint density at radius 3 is 2.69 bits per heavy atom. The van der Waals surface area contributed by atoms with Gasteiger partial charge in [0.05, 0.1) is 12.5 Å². The maximum atomic E-state index is 5.90. The Labute approximate surface area is 103 Å². The van der Waals surface area contributed by atoms with Gasteiger partial charge in [0.1, 0.15) is 5.75 Å². The van der Waals surface area contributed by atoms with Crippen LogP contribution in [0.5, 0.6) is 5.75 Å². The van der Waals surface area contributed by atoms with E-state index in [4.69, 9.17) is 16.3 Å². The molecule has 0 fully saturated rings. The molecule has 0 aliphatic carbocycles. The average Bonchev–Trinajstić information content (AvgIpc) is 2.31. The van der Waals surface area contributed by atoms with Gasteiger partial charge in [-0.1, -0.05) is 6.92 Å². The molecule has 1 N–H and O–H groups in total. The molecule has 1 aromatic rings. The van der Waals surface area contributed by atoms with Gasteiger partial charge in [-0.25, -0.2) is 0 Å². The lowest BCUT2D eigenvalue weighted by Gasteiger charge is -2.15. The predicted octanol–water partition coefficient (Wildman–Crippen LogP) is 4.03. The van der Waals surface area contributed by atoms with Gasteiger partial charge >= 0.3 is 0 Å². The Balaban J connectivity index is 2.81. The van der Waals surface area contributed by atoms with Gasteiger partial charge in [0.15, 0.2) is 0 Å². The van der Waals surface area contributed by atoms with E-state index in [1.165, 1.54) is 0 Å². The molecule has 0 aliphatic rings. The number of ether oxygens (including phenoxy) is 1. The molecule has 0 saturated carbocycles. The first-order valence-corrected chi connectivity index (χ1v) is 6.32. The van der Waals surface area contributed by atoms with Crippen LogP contribution < -0.4 is 10.1 Å². The Morgan fingerprint density at radius 1 is 1.38 bits per heavy atom. The van der Waals surface area contributed by atoms with Crippen molar-refractivity contribution in [3.05, 3.63) is 23.8 Å². The van der Waals surface area contributed by atoms with Gasteiger partial charge in [-0.3, -0.25) is 0 Å². The molecule has 0 aromatic heterocycles. The Hall–Kier alpha value is -0.890. The van der Waals surface area contributed by atoms with Crippen molar-refractivity contribution >= 4 is 17.3 Å². The van der Waals surface area contributed by atoms with Gasteiger partial charge in [-0.2, -0.15) is 0 Å². The molecule has 0 radical (unpaired) electrons. The minimum Gasteiger partial charge on any atom is -0.494 e. The van der Waals surface area contributed by atoms with Crippen LogP contribution in [0.25, 0.3) is 0 Å². The van der Waals surface area contributed by atoms with Crippen molar-refractivity contribution in [1.82, 2.24) is 0 Å². The lowest BCUT2D eigenvalue weighted by atomic mass is 10.1. The van der Waals surface area contributed by atoms with Gasteiger partial charge in [0.25, 0.3) is 0 Å². The highest BCUT2D eigenvalue weighted by Gasteiger charge is 2.05. The van der Waals surface area contributed by atoms with Gasteiger partial charge in [-0.15, -0.1) is 11.6 Å². The summed E-state index contributed by atoms with van der Waals surface area (Å²) in [5, 5.41) is 3.42. The number of benzene rings is 1. The molecule has 90 valence electrons. The van der Waals surface area contributed by atoms with E-state index in [0.29, 0.717) is 18.5 Å². The highest BCUT2D eigenvalue weighted by atomic mass is 35.5. The molecule has 0 heterocycles. The zero-order valence-corrected chi connectivity index (χ0v) is 11.0. The highest BCUT2D eigenvalue weighted by molar-refractivity contribution is 6.17. The second kappa shape index (κ2) is 6.64. The molecule has 0 bridgehead atoms. The number of rotatable bonds is 6. The fraction of sp³-hybridized carbons (Fsp3) is 0.538. The number of hydrogen-bond donors (Lipinski definition) is 1. The van der Waals surface area contributed by atoms with E-state index in [-0.39, 0.29) is 0 Å². The van der Waals surface area contributed by atoms with Crippen LogP contribution in [0.2, 0.25) is 0 Å². The quantitative estimate of drug-likeness (QED) is 0.760. The van der Waals surface area contributed by atoms with Gasteiger partial charge in [-0.05, 0) is 38.5 Å². The first-order chi connectivity index (χ1) is 7.71. The Kier molecular flexibility index (Phi) is 5.47. The molecule has 1 unspecified atom stereocenters. The van der Waals surface area contributed by atoms with Crippen LogP contribution in [0, 0.1) is 0 Å². The smallest absolute Gasteiger partial charge is 0.123 e. The molecule has 0 saturated heterocycles. The summed E-state index contributed by atoms with van der Waals surface area (Å²) in [6.07, 6.45) is 1.10. The summed E-state index contributed by atoms with van der Waals surface area (Å²) in [4.78, 5) is 0. The summed E-state index contributed by atoms with van der Waals surface area (Å²) in [6, 6.07) is 6.55. The van der Waals surface area contributed by atoms with E-state index in [1.807, 2.05) is 19.1 Å². The van der Waals surface area contributed by atoms with Crippen LogP contribution in [0.4, 0.5) is 5.69 Å². The minimum absolute atomic E-state index is 0.473. The minimum atomic E-state index is 0.473. The Morgan fingerprint density at radius 2 is 2.12 bits per heavy atom. The summed E-state index contributed by atoms with van der Waals surface area (Å²) < 4.78 is 5.50. The second-order valence-corrected chi connectivity index (χ2v) is 4.11. The summed E-state index contributed by atoms with van der Waals surface area (Å²) >= 11 is 5.90. The van der Waals surface area contributed by atoms with Crippen LogP contribution in [-0.4, -0.2) is 12.6 Å². The van der Waals surface area contributed by atoms with Crippen LogP contribution in [0.15, 0.2) is 18.2 Å². The van der Waals surface area contributed by atoms with E-state index < -0.39 is 0 Å². The van der Waals surface area contributed by atoms with Crippen molar-refractivity contribution in [2.45, 2.75) is 39.1 Å². The first kappa shape index (κ1) is 13.2. The zero-order valence-electron chi connectivity index (χ0n) is 10.2. The number of alkyl halides is 1. The van der Waals surface area contributed by atoms with Gasteiger partial charge in [0.2, 0.25) is 0 Å². The topological polar surface area (TPSA) is 21.3 Å². The normalized spacial score (nSPS) is 12.2. The number of nitrogens with one attached hydrogen (secondary N) is 1. The first-order valence-electron chi connectivity index (χ1n) is 5.79. The van der Waals surface area contributed by atoms with Crippen molar-refractivity contribution in [2.75, 3.05) is 11.9 Å². The molecule has 1 aromatic carbocycles. The monoisotopic (exact) mass is 241 g/mol. The lowest BCUT2D eigenvalue weighted by molar-refractivity contribution is 0.337. The number of halogens is 1. The van der Waals surface area contributed by atoms with E-state index >= 15 is 0 Å². The summed E-state index contributed by atoms with van der Waals surface area (Å²) in [5.74, 6) is 1.36. The van der Waals surface area contributed by atoms with Crippen LogP contribution >= 0.6 is 11.6 Å². The molecule has 0 spiro atoms. The largest absolute Gasteiger partial charge is 0.494 e. The zero-order chi connectivity index (χ0) is 12.0. The molecule has 1 atom stereocenters. The van der Waals surface area contributed by atoms with Crippen LogP contribution in [-0.2, 0) is 5.88 Å². The highest BCUT2D eigenvalue weighted by Crippen LogP contribution is 2.25. The summed E-state index contributed by atoms with van der Waals surface area (Å²) in [7, 11) is 0. The average molecular weight is 242 g/mol. The van der Waals surface area contributed by atoms with Crippen molar-refractivity contribution in [3.8, 4) is 5.75 Å². The lowest BCUT2D eigenvalue weighted by Crippen LogP contribution is -2.13. The Bertz CT molecular complexity index is 328. The standard InChI is InChI=1S/C13H20ClNO/c1-4-10(3)15-12-6-7-13(16-5-2)11(8-12)9-14/h6-8,10,15H,4-5,9H2,1-3H3. The van der Waals surface area contributed by atoms with E-state index in [1.54, 1.807) is 0 Å². The van der Waals surface area contributed by atoms with Crippen molar-refractivity contribution in [2.24, 2.45) is 0 Å². The molecular formula is C13H20ClNO. The van der Waals surface area contributed by atoms with E-state index in [9.17, 15) is 0 Å². The molecular weight excluding hydrogens is 222 g/mol. The third-order valence-corrected chi connectivity index (χ3v) is 2.82.